The third kappa shape index (κ3) is 1.93. The van der Waals surface area contributed by atoms with E-state index in [1.165, 1.54) is 0 Å². The number of aliphatic hydroxyl groups is 1. The average Bonchev–Trinajstić information content (AvgIpc) is 2.01. The van der Waals surface area contributed by atoms with Gasteiger partial charge in [0, 0.05) is 11.6 Å². The maximum absolute atomic E-state index is 12.6. The topological polar surface area (TPSA) is 20.2 Å². The van der Waals surface area contributed by atoms with Gasteiger partial charge in [0.05, 0.1) is 0 Å². The molecule has 0 bridgehead atoms. The molecule has 0 aromatic heterocycles. The lowest BCUT2D eigenvalue weighted by Gasteiger charge is -2.02. The molecule has 0 fully saturated rings. The minimum atomic E-state index is -0.971. The summed E-state index contributed by atoms with van der Waals surface area (Å²) >= 11 is 5.56. The first-order valence-corrected chi connectivity index (χ1v) is 3.77. The third-order valence-electron chi connectivity index (χ3n) is 1.47. The van der Waals surface area contributed by atoms with Gasteiger partial charge in [-0.1, -0.05) is 11.6 Å². The fourth-order valence-corrected chi connectivity index (χ4v) is 1.12. The Morgan fingerprint density at radius 1 is 1.25 bits per heavy atom. The highest BCUT2D eigenvalue weighted by Gasteiger charge is 2.07. The lowest BCUT2D eigenvalue weighted by atomic mass is 10.1. The van der Waals surface area contributed by atoms with Gasteiger partial charge in [0.1, 0.15) is 0 Å². The second-order valence-electron chi connectivity index (χ2n) is 2.33. The van der Waals surface area contributed by atoms with Gasteiger partial charge in [-0.25, -0.2) is 8.78 Å². The number of hydrogen-bond donors (Lipinski definition) is 1. The van der Waals surface area contributed by atoms with E-state index >= 15 is 0 Å². The number of aliphatic hydroxyl groups excluding tert-OH is 1. The molecule has 1 aromatic carbocycles. The zero-order valence-electron chi connectivity index (χ0n) is 6.15. The highest BCUT2D eigenvalue weighted by Crippen LogP contribution is 2.20. The van der Waals surface area contributed by atoms with Gasteiger partial charge in [0.2, 0.25) is 0 Å². The van der Waals surface area contributed by atoms with Crippen molar-refractivity contribution >= 4 is 11.6 Å². The summed E-state index contributed by atoms with van der Waals surface area (Å²) in [6.45, 7) is -0.134. The summed E-state index contributed by atoms with van der Waals surface area (Å²) in [7, 11) is 0. The Bertz CT molecular complexity index is 289. The van der Waals surface area contributed by atoms with E-state index in [9.17, 15) is 8.78 Å². The first kappa shape index (κ1) is 9.42. The van der Waals surface area contributed by atoms with Crippen LogP contribution in [-0.4, -0.2) is 11.7 Å². The standard InChI is InChI=1S/C8H7ClF2O/c9-6-4-8(11)7(10)3-5(6)1-2-12/h3-4,12H,1-2H2. The van der Waals surface area contributed by atoms with E-state index in [0.717, 1.165) is 12.1 Å². The predicted molar refractivity (Wildman–Crippen MR) is 42.2 cm³/mol. The van der Waals surface area contributed by atoms with Crippen molar-refractivity contribution in [3.05, 3.63) is 34.4 Å². The van der Waals surface area contributed by atoms with Gasteiger partial charge < -0.3 is 5.11 Å². The van der Waals surface area contributed by atoms with Crippen LogP contribution in [0.3, 0.4) is 0 Å². The van der Waals surface area contributed by atoms with Crippen LogP contribution in [0.2, 0.25) is 5.02 Å². The summed E-state index contributed by atoms with van der Waals surface area (Å²) in [5, 5.41) is 8.67. The summed E-state index contributed by atoms with van der Waals surface area (Å²) in [4.78, 5) is 0. The molecule has 0 radical (unpaired) electrons. The van der Waals surface area contributed by atoms with Gasteiger partial charge in [-0.15, -0.1) is 0 Å². The van der Waals surface area contributed by atoms with E-state index in [4.69, 9.17) is 16.7 Å². The molecule has 0 aliphatic heterocycles. The van der Waals surface area contributed by atoms with Crippen molar-refractivity contribution in [3.63, 3.8) is 0 Å². The zero-order valence-corrected chi connectivity index (χ0v) is 6.91. The molecule has 0 amide bonds. The van der Waals surface area contributed by atoms with Crippen molar-refractivity contribution in [2.45, 2.75) is 6.42 Å². The predicted octanol–water partition coefficient (Wildman–Crippen LogP) is 2.15. The van der Waals surface area contributed by atoms with Crippen LogP contribution in [0.1, 0.15) is 5.56 Å². The fraction of sp³-hybridized carbons (Fsp3) is 0.250. The highest BCUT2D eigenvalue weighted by molar-refractivity contribution is 6.31. The summed E-state index contributed by atoms with van der Waals surface area (Å²) in [5.74, 6) is -1.91. The van der Waals surface area contributed by atoms with Gasteiger partial charge in [0.25, 0.3) is 0 Å². The van der Waals surface area contributed by atoms with E-state index < -0.39 is 11.6 Å². The Morgan fingerprint density at radius 2 is 1.83 bits per heavy atom. The Hall–Kier alpha value is -0.670. The molecule has 1 aromatic rings. The third-order valence-corrected chi connectivity index (χ3v) is 1.82. The monoisotopic (exact) mass is 192 g/mol. The minimum absolute atomic E-state index is 0.134. The van der Waals surface area contributed by atoms with Gasteiger partial charge in [-0.3, -0.25) is 0 Å². The maximum Gasteiger partial charge on any atom is 0.160 e. The molecule has 0 saturated heterocycles. The first-order chi connectivity index (χ1) is 5.65. The number of rotatable bonds is 2. The summed E-state index contributed by atoms with van der Waals surface area (Å²) in [6, 6.07) is 1.90. The molecule has 12 heavy (non-hydrogen) atoms. The Morgan fingerprint density at radius 3 is 2.42 bits per heavy atom. The molecular formula is C8H7ClF2O. The van der Waals surface area contributed by atoms with Crippen molar-refractivity contribution in [2.75, 3.05) is 6.61 Å². The molecule has 1 N–H and O–H groups in total. The normalized spacial score (nSPS) is 10.3. The van der Waals surface area contributed by atoms with Crippen LogP contribution in [0, 0.1) is 11.6 Å². The van der Waals surface area contributed by atoms with Crippen molar-refractivity contribution in [1.29, 1.82) is 0 Å². The molecule has 0 aliphatic carbocycles. The molecule has 1 nitrogen and oxygen atoms in total. The smallest absolute Gasteiger partial charge is 0.160 e. The second-order valence-corrected chi connectivity index (χ2v) is 2.74. The SMILES string of the molecule is OCCc1cc(F)c(F)cc1Cl. The van der Waals surface area contributed by atoms with Crippen LogP contribution >= 0.6 is 11.6 Å². The molecular weight excluding hydrogens is 186 g/mol. The molecule has 0 aliphatic rings. The van der Waals surface area contributed by atoms with Crippen LogP contribution in [0.5, 0.6) is 0 Å². The molecule has 1 rings (SSSR count). The number of hydrogen-bond acceptors (Lipinski definition) is 1. The van der Waals surface area contributed by atoms with E-state index in [0.29, 0.717) is 5.56 Å². The lowest BCUT2D eigenvalue weighted by Crippen LogP contribution is -1.95. The molecule has 0 saturated carbocycles. The van der Waals surface area contributed by atoms with Crippen LogP contribution in [0.15, 0.2) is 12.1 Å². The van der Waals surface area contributed by atoms with E-state index in [1.54, 1.807) is 0 Å². The van der Waals surface area contributed by atoms with Gasteiger partial charge in [0.15, 0.2) is 11.6 Å². The summed E-state index contributed by atoms with van der Waals surface area (Å²) < 4.78 is 25.0. The summed E-state index contributed by atoms with van der Waals surface area (Å²) in [5.41, 5.74) is 0.415. The van der Waals surface area contributed by atoms with Crippen molar-refractivity contribution in [2.24, 2.45) is 0 Å². The molecule has 0 heterocycles. The lowest BCUT2D eigenvalue weighted by molar-refractivity contribution is 0.299. The molecule has 0 atom stereocenters. The Balaban J connectivity index is 3.05. The quantitative estimate of drug-likeness (QED) is 0.712. The van der Waals surface area contributed by atoms with Crippen LogP contribution < -0.4 is 0 Å². The average molecular weight is 193 g/mol. The zero-order chi connectivity index (χ0) is 9.14. The molecule has 66 valence electrons. The van der Waals surface area contributed by atoms with Crippen molar-refractivity contribution < 1.29 is 13.9 Å². The fourth-order valence-electron chi connectivity index (χ4n) is 0.876. The summed E-state index contributed by atoms with van der Waals surface area (Å²) in [6.07, 6.45) is 0.232. The van der Waals surface area contributed by atoms with Gasteiger partial charge in [-0.05, 0) is 24.1 Å². The van der Waals surface area contributed by atoms with E-state index in [-0.39, 0.29) is 18.1 Å². The number of benzene rings is 1. The van der Waals surface area contributed by atoms with E-state index in [1.807, 2.05) is 0 Å². The number of halogens is 3. The molecule has 0 spiro atoms. The van der Waals surface area contributed by atoms with Crippen LogP contribution in [0.25, 0.3) is 0 Å². The van der Waals surface area contributed by atoms with Crippen molar-refractivity contribution in [3.8, 4) is 0 Å². The maximum atomic E-state index is 12.6. The largest absolute Gasteiger partial charge is 0.396 e. The first-order valence-electron chi connectivity index (χ1n) is 3.39. The van der Waals surface area contributed by atoms with Gasteiger partial charge >= 0.3 is 0 Å². The molecule has 0 unspecified atom stereocenters. The Kier molecular flexibility index (Phi) is 3.00. The molecule has 4 heteroatoms. The van der Waals surface area contributed by atoms with Crippen LogP contribution in [-0.2, 0) is 6.42 Å². The van der Waals surface area contributed by atoms with Crippen LogP contribution in [0.4, 0.5) is 8.78 Å². The highest BCUT2D eigenvalue weighted by atomic mass is 35.5. The van der Waals surface area contributed by atoms with Crippen molar-refractivity contribution in [1.82, 2.24) is 0 Å². The second kappa shape index (κ2) is 3.83. The van der Waals surface area contributed by atoms with Gasteiger partial charge in [-0.2, -0.15) is 0 Å². The Labute approximate surface area is 73.6 Å². The minimum Gasteiger partial charge on any atom is -0.396 e. The van der Waals surface area contributed by atoms with E-state index in [2.05, 4.69) is 0 Å².